The summed E-state index contributed by atoms with van der Waals surface area (Å²) < 4.78 is 18.7. The molecule has 0 unspecified atom stereocenters. The summed E-state index contributed by atoms with van der Waals surface area (Å²) in [5.74, 6) is 0.0000427. The van der Waals surface area contributed by atoms with E-state index in [0.29, 0.717) is 10.9 Å². The molecule has 3 rings (SSSR count). The van der Waals surface area contributed by atoms with Gasteiger partial charge in [-0.3, -0.25) is 0 Å². The van der Waals surface area contributed by atoms with Gasteiger partial charge in [0.15, 0.2) is 0 Å². The first-order chi connectivity index (χ1) is 10.1. The standard InChI is InChI=1S/C16H10Cl2FNO/c17-13-8-12(5-6-14(13)19)21-9-11-7-10-3-1-2-4-15(10)20-16(11)18/h1-8H,9H2. The Morgan fingerprint density at radius 3 is 2.67 bits per heavy atom. The van der Waals surface area contributed by atoms with E-state index < -0.39 is 5.82 Å². The lowest BCUT2D eigenvalue weighted by Crippen LogP contribution is -1.98. The molecule has 2 nitrogen and oxygen atoms in total. The van der Waals surface area contributed by atoms with Crippen molar-refractivity contribution in [1.82, 2.24) is 4.98 Å². The van der Waals surface area contributed by atoms with Gasteiger partial charge in [-0.2, -0.15) is 0 Å². The number of ether oxygens (including phenoxy) is 1. The Hall–Kier alpha value is -1.84. The highest BCUT2D eigenvalue weighted by Gasteiger charge is 2.07. The largest absolute Gasteiger partial charge is 0.489 e. The lowest BCUT2D eigenvalue weighted by molar-refractivity contribution is 0.305. The second kappa shape index (κ2) is 5.88. The second-order valence-corrected chi connectivity index (χ2v) is 5.26. The lowest BCUT2D eigenvalue weighted by Gasteiger charge is -2.09. The number of nitrogens with zero attached hydrogens (tertiary/aromatic N) is 1. The fourth-order valence-electron chi connectivity index (χ4n) is 1.97. The quantitative estimate of drug-likeness (QED) is 0.614. The highest BCUT2D eigenvalue weighted by molar-refractivity contribution is 6.31. The van der Waals surface area contributed by atoms with E-state index in [-0.39, 0.29) is 11.6 Å². The predicted octanol–water partition coefficient (Wildman–Crippen LogP) is 5.26. The number of hydrogen-bond donors (Lipinski definition) is 0. The van der Waals surface area contributed by atoms with Crippen molar-refractivity contribution in [3.8, 4) is 5.75 Å². The molecule has 1 aromatic heterocycles. The third kappa shape index (κ3) is 3.09. The Labute approximate surface area is 131 Å². The van der Waals surface area contributed by atoms with Crippen LogP contribution in [0.3, 0.4) is 0 Å². The molecule has 0 saturated carbocycles. The van der Waals surface area contributed by atoms with Gasteiger partial charge < -0.3 is 4.74 Å². The minimum atomic E-state index is -0.477. The predicted molar refractivity (Wildman–Crippen MR) is 82.5 cm³/mol. The molecule has 0 aliphatic rings. The molecule has 0 aliphatic heterocycles. The first-order valence-electron chi connectivity index (χ1n) is 6.25. The topological polar surface area (TPSA) is 22.1 Å². The van der Waals surface area contributed by atoms with E-state index in [2.05, 4.69) is 4.98 Å². The molecule has 0 aliphatic carbocycles. The average molecular weight is 322 g/mol. The number of hydrogen-bond acceptors (Lipinski definition) is 2. The molecule has 106 valence electrons. The number of para-hydroxylation sites is 1. The van der Waals surface area contributed by atoms with Crippen LogP contribution in [0.5, 0.6) is 5.75 Å². The van der Waals surface area contributed by atoms with Crippen LogP contribution in [-0.4, -0.2) is 4.98 Å². The minimum absolute atomic E-state index is 0.0234. The van der Waals surface area contributed by atoms with Crippen molar-refractivity contribution in [2.24, 2.45) is 0 Å². The summed E-state index contributed by atoms with van der Waals surface area (Å²) in [6.45, 7) is 0.235. The van der Waals surface area contributed by atoms with Gasteiger partial charge in [0, 0.05) is 17.0 Å². The highest BCUT2D eigenvalue weighted by atomic mass is 35.5. The van der Waals surface area contributed by atoms with E-state index in [4.69, 9.17) is 27.9 Å². The van der Waals surface area contributed by atoms with Gasteiger partial charge in [0.1, 0.15) is 23.3 Å². The van der Waals surface area contributed by atoms with Gasteiger partial charge in [-0.05, 0) is 24.3 Å². The second-order valence-electron chi connectivity index (χ2n) is 4.50. The monoisotopic (exact) mass is 321 g/mol. The number of rotatable bonds is 3. The molecular formula is C16H10Cl2FNO. The molecule has 0 atom stereocenters. The SMILES string of the molecule is Fc1ccc(OCc2cc3ccccc3nc2Cl)cc1Cl. The van der Waals surface area contributed by atoms with Crippen molar-refractivity contribution < 1.29 is 9.13 Å². The van der Waals surface area contributed by atoms with Gasteiger partial charge in [0.05, 0.1) is 10.5 Å². The zero-order chi connectivity index (χ0) is 14.8. The third-order valence-corrected chi connectivity index (χ3v) is 3.65. The van der Waals surface area contributed by atoms with Gasteiger partial charge >= 0.3 is 0 Å². The van der Waals surface area contributed by atoms with Crippen molar-refractivity contribution in [3.63, 3.8) is 0 Å². The Morgan fingerprint density at radius 2 is 1.86 bits per heavy atom. The van der Waals surface area contributed by atoms with Crippen LogP contribution in [0.25, 0.3) is 10.9 Å². The molecule has 0 N–H and O–H groups in total. The maximum atomic E-state index is 13.1. The summed E-state index contributed by atoms with van der Waals surface area (Å²) in [5.41, 5.74) is 1.59. The molecular weight excluding hydrogens is 312 g/mol. The van der Waals surface area contributed by atoms with Crippen molar-refractivity contribution in [3.05, 3.63) is 70.1 Å². The van der Waals surface area contributed by atoms with Crippen LogP contribution in [0.4, 0.5) is 4.39 Å². The molecule has 5 heteroatoms. The Balaban J connectivity index is 1.84. The van der Waals surface area contributed by atoms with Gasteiger partial charge in [0.2, 0.25) is 0 Å². The van der Waals surface area contributed by atoms with Crippen LogP contribution < -0.4 is 4.74 Å². The van der Waals surface area contributed by atoms with Gasteiger partial charge in [-0.1, -0.05) is 41.4 Å². The third-order valence-electron chi connectivity index (χ3n) is 3.04. The summed E-state index contributed by atoms with van der Waals surface area (Å²) in [6, 6.07) is 13.8. The maximum absolute atomic E-state index is 13.1. The van der Waals surface area contributed by atoms with E-state index in [0.717, 1.165) is 16.5 Å². The summed E-state index contributed by atoms with van der Waals surface area (Å²) in [6.07, 6.45) is 0. The molecule has 2 aromatic carbocycles. The van der Waals surface area contributed by atoms with Crippen LogP contribution in [0.15, 0.2) is 48.5 Å². The Kier molecular flexibility index (Phi) is 3.95. The van der Waals surface area contributed by atoms with Gasteiger partial charge in [0.25, 0.3) is 0 Å². The molecule has 0 amide bonds. The van der Waals surface area contributed by atoms with E-state index >= 15 is 0 Å². The van der Waals surface area contributed by atoms with Crippen molar-refractivity contribution in [2.45, 2.75) is 6.61 Å². The van der Waals surface area contributed by atoms with Crippen LogP contribution in [0.2, 0.25) is 10.2 Å². The van der Waals surface area contributed by atoms with Crippen molar-refractivity contribution in [2.75, 3.05) is 0 Å². The summed E-state index contributed by atoms with van der Waals surface area (Å²) >= 11 is 11.9. The lowest BCUT2D eigenvalue weighted by atomic mass is 10.2. The number of pyridine rings is 1. The average Bonchev–Trinajstić information content (AvgIpc) is 2.48. The minimum Gasteiger partial charge on any atom is -0.489 e. The zero-order valence-electron chi connectivity index (χ0n) is 10.8. The van der Waals surface area contributed by atoms with E-state index in [9.17, 15) is 4.39 Å². The van der Waals surface area contributed by atoms with E-state index in [1.54, 1.807) is 0 Å². The normalized spacial score (nSPS) is 10.8. The van der Waals surface area contributed by atoms with Crippen LogP contribution in [0, 0.1) is 5.82 Å². The van der Waals surface area contributed by atoms with Crippen LogP contribution in [-0.2, 0) is 6.61 Å². The molecule has 21 heavy (non-hydrogen) atoms. The zero-order valence-corrected chi connectivity index (χ0v) is 12.3. The van der Waals surface area contributed by atoms with Crippen LogP contribution in [0.1, 0.15) is 5.56 Å². The number of aromatic nitrogens is 1. The molecule has 3 aromatic rings. The summed E-state index contributed by atoms with van der Waals surface area (Å²) in [5, 5.41) is 1.40. The summed E-state index contributed by atoms with van der Waals surface area (Å²) in [4.78, 5) is 4.32. The van der Waals surface area contributed by atoms with Gasteiger partial charge in [-0.15, -0.1) is 0 Å². The first-order valence-corrected chi connectivity index (χ1v) is 7.01. The van der Waals surface area contributed by atoms with E-state index in [1.165, 1.54) is 18.2 Å². The molecule has 0 spiro atoms. The van der Waals surface area contributed by atoms with Crippen LogP contribution >= 0.6 is 23.2 Å². The highest BCUT2D eigenvalue weighted by Crippen LogP contribution is 2.24. The molecule has 0 radical (unpaired) electrons. The van der Waals surface area contributed by atoms with Crippen molar-refractivity contribution >= 4 is 34.1 Å². The Morgan fingerprint density at radius 1 is 1.05 bits per heavy atom. The number of halogens is 3. The molecule has 0 bridgehead atoms. The molecule has 0 fully saturated rings. The molecule has 1 heterocycles. The maximum Gasteiger partial charge on any atom is 0.142 e. The van der Waals surface area contributed by atoms with Gasteiger partial charge in [-0.25, -0.2) is 9.37 Å². The summed E-state index contributed by atoms with van der Waals surface area (Å²) in [7, 11) is 0. The number of benzene rings is 2. The smallest absolute Gasteiger partial charge is 0.142 e. The number of fused-ring (bicyclic) bond motifs is 1. The fourth-order valence-corrected chi connectivity index (χ4v) is 2.34. The Bertz CT molecular complexity index is 807. The first kappa shape index (κ1) is 14.1. The van der Waals surface area contributed by atoms with Crippen molar-refractivity contribution in [1.29, 1.82) is 0 Å². The fraction of sp³-hybridized carbons (Fsp3) is 0.0625. The van der Waals surface area contributed by atoms with E-state index in [1.807, 2.05) is 30.3 Å². The molecule has 0 saturated heterocycles.